The predicted octanol–water partition coefficient (Wildman–Crippen LogP) is 1.82. The van der Waals surface area contributed by atoms with Gasteiger partial charge in [-0.05, 0) is 19.1 Å². The first-order valence-corrected chi connectivity index (χ1v) is 7.40. The molecule has 1 atom stereocenters. The Kier molecular flexibility index (Phi) is 5.28. The monoisotopic (exact) mass is 337 g/mol. The molecule has 3 rings (SSSR count). The molecule has 7 heteroatoms. The molecule has 1 aromatic carbocycles. The number of aromatic nitrogens is 1. The van der Waals surface area contributed by atoms with Crippen molar-refractivity contribution >= 4 is 35.2 Å². The number of aromatic amines is 1. The minimum absolute atomic E-state index is 0. The molecule has 1 aliphatic heterocycles. The van der Waals surface area contributed by atoms with Crippen LogP contribution in [0.25, 0.3) is 10.9 Å². The lowest BCUT2D eigenvalue weighted by molar-refractivity contribution is -0.143. The number of hydrogen-bond donors (Lipinski definition) is 2. The molecule has 0 aliphatic carbocycles. The molecule has 0 bridgehead atoms. The zero-order valence-corrected chi connectivity index (χ0v) is 13.7. The second-order valence-electron chi connectivity index (χ2n) is 5.61. The van der Waals surface area contributed by atoms with Crippen LogP contribution in [0.1, 0.15) is 17.4 Å². The molecule has 124 valence electrons. The number of halogens is 1. The van der Waals surface area contributed by atoms with Crippen LogP contribution in [0.4, 0.5) is 0 Å². The van der Waals surface area contributed by atoms with Gasteiger partial charge in [0.2, 0.25) is 0 Å². The number of aliphatic carboxylic acids is 1. The van der Waals surface area contributed by atoms with Crippen LogP contribution in [0, 0.1) is 0 Å². The Labute approximate surface area is 140 Å². The van der Waals surface area contributed by atoms with Crippen LogP contribution in [0.15, 0.2) is 30.3 Å². The SMILES string of the molecule is CC(C(=O)O)N1CCN(C(=O)c2cc3ccccc3[nH]2)CC1.Cl. The highest BCUT2D eigenvalue weighted by Crippen LogP contribution is 2.17. The van der Waals surface area contributed by atoms with Crippen molar-refractivity contribution in [2.45, 2.75) is 13.0 Å². The van der Waals surface area contributed by atoms with Gasteiger partial charge in [0, 0.05) is 37.1 Å². The van der Waals surface area contributed by atoms with Gasteiger partial charge in [0.05, 0.1) is 0 Å². The molecule has 2 N–H and O–H groups in total. The van der Waals surface area contributed by atoms with E-state index in [-0.39, 0.29) is 18.3 Å². The number of amides is 1. The third-order valence-corrected chi connectivity index (χ3v) is 4.27. The van der Waals surface area contributed by atoms with Gasteiger partial charge in [0.1, 0.15) is 11.7 Å². The van der Waals surface area contributed by atoms with E-state index in [1.165, 1.54) is 0 Å². The number of hydrogen-bond acceptors (Lipinski definition) is 3. The molecule has 1 fully saturated rings. The van der Waals surface area contributed by atoms with Crippen molar-refractivity contribution in [3.63, 3.8) is 0 Å². The third kappa shape index (κ3) is 3.48. The number of piperazine rings is 1. The van der Waals surface area contributed by atoms with Gasteiger partial charge in [0.15, 0.2) is 0 Å². The number of para-hydroxylation sites is 1. The first-order valence-electron chi connectivity index (χ1n) is 7.40. The van der Waals surface area contributed by atoms with Crippen LogP contribution >= 0.6 is 12.4 Å². The van der Waals surface area contributed by atoms with Gasteiger partial charge in [-0.1, -0.05) is 18.2 Å². The van der Waals surface area contributed by atoms with Gasteiger partial charge in [-0.2, -0.15) is 0 Å². The van der Waals surface area contributed by atoms with Gasteiger partial charge in [-0.25, -0.2) is 0 Å². The van der Waals surface area contributed by atoms with Crippen LogP contribution in [0.3, 0.4) is 0 Å². The van der Waals surface area contributed by atoms with Crippen molar-refractivity contribution in [3.05, 3.63) is 36.0 Å². The zero-order chi connectivity index (χ0) is 15.7. The van der Waals surface area contributed by atoms with Gasteiger partial charge < -0.3 is 15.0 Å². The number of rotatable bonds is 3. The van der Waals surface area contributed by atoms with Crippen molar-refractivity contribution < 1.29 is 14.7 Å². The zero-order valence-electron chi connectivity index (χ0n) is 12.9. The average molecular weight is 338 g/mol. The molecule has 2 aromatic rings. The largest absolute Gasteiger partial charge is 0.480 e. The Bertz CT molecular complexity index is 674. The maximum absolute atomic E-state index is 12.5. The summed E-state index contributed by atoms with van der Waals surface area (Å²) >= 11 is 0. The fourth-order valence-corrected chi connectivity index (χ4v) is 2.83. The third-order valence-electron chi connectivity index (χ3n) is 4.27. The Hall–Kier alpha value is -2.05. The van der Waals surface area contributed by atoms with Crippen molar-refractivity contribution in [1.82, 2.24) is 14.8 Å². The Morgan fingerprint density at radius 1 is 1.17 bits per heavy atom. The second-order valence-corrected chi connectivity index (χ2v) is 5.61. The second kappa shape index (κ2) is 7.02. The summed E-state index contributed by atoms with van der Waals surface area (Å²) in [7, 11) is 0. The molecule has 1 saturated heterocycles. The lowest BCUT2D eigenvalue weighted by atomic mass is 10.2. The molecule has 1 aliphatic rings. The number of carboxylic acid groups (broad SMARTS) is 1. The van der Waals surface area contributed by atoms with E-state index in [9.17, 15) is 9.59 Å². The summed E-state index contributed by atoms with van der Waals surface area (Å²) in [5.74, 6) is -0.853. The maximum Gasteiger partial charge on any atom is 0.320 e. The number of carbonyl (C=O) groups is 2. The summed E-state index contributed by atoms with van der Waals surface area (Å²) in [5.41, 5.74) is 1.53. The van der Waals surface area contributed by atoms with Crippen LogP contribution in [0.5, 0.6) is 0 Å². The van der Waals surface area contributed by atoms with Crippen LogP contribution in [-0.2, 0) is 4.79 Å². The lowest BCUT2D eigenvalue weighted by Gasteiger charge is -2.36. The fraction of sp³-hybridized carbons (Fsp3) is 0.375. The molecule has 1 unspecified atom stereocenters. The van der Waals surface area contributed by atoms with E-state index in [2.05, 4.69) is 4.98 Å². The normalized spacial score (nSPS) is 16.8. The first-order chi connectivity index (χ1) is 10.6. The van der Waals surface area contributed by atoms with Gasteiger partial charge in [0.25, 0.3) is 5.91 Å². The Morgan fingerprint density at radius 2 is 1.83 bits per heavy atom. The number of nitrogens with zero attached hydrogens (tertiary/aromatic N) is 2. The summed E-state index contributed by atoms with van der Waals surface area (Å²) in [4.78, 5) is 30.4. The molecule has 0 radical (unpaired) electrons. The summed E-state index contributed by atoms with van der Waals surface area (Å²) < 4.78 is 0. The van der Waals surface area contributed by atoms with Crippen molar-refractivity contribution in [2.75, 3.05) is 26.2 Å². The minimum atomic E-state index is -0.824. The van der Waals surface area contributed by atoms with E-state index >= 15 is 0 Å². The molecular formula is C16H20ClN3O3. The molecule has 0 saturated carbocycles. The van der Waals surface area contributed by atoms with E-state index in [0.717, 1.165) is 10.9 Å². The maximum atomic E-state index is 12.5. The topological polar surface area (TPSA) is 76.6 Å². The van der Waals surface area contributed by atoms with Crippen LogP contribution < -0.4 is 0 Å². The average Bonchev–Trinajstić information content (AvgIpc) is 2.97. The van der Waals surface area contributed by atoms with E-state index in [4.69, 9.17) is 5.11 Å². The van der Waals surface area contributed by atoms with Gasteiger partial charge in [-0.15, -0.1) is 12.4 Å². The highest BCUT2D eigenvalue weighted by Gasteiger charge is 2.28. The van der Waals surface area contributed by atoms with Crippen molar-refractivity contribution in [1.29, 1.82) is 0 Å². The number of carbonyl (C=O) groups excluding carboxylic acids is 1. The van der Waals surface area contributed by atoms with Crippen molar-refractivity contribution in [3.8, 4) is 0 Å². The molecule has 2 heterocycles. The van der Waals surface area contributed by atoms with Crippen molar-refractivity contribution in [2.24, 2.45) is 0 Å². The lowest BCUT2D eigenvalue weighted by Crippen LogP contribution is -2.53. The van der Waals surface area contributed by atoms with E-state index < -0.39 is 12.0 Å². The fourth-order valence-electron chi connectivity index (χ4n) is 2.83. The summed E-state index contributed by atoms with van der Waals surface area (Å²) in [6.45, 7) is 3.94. The molecule has 1 amide bonds. The molecule has 1 aromatic heterocycles. The van der Waals surface area contributed by atoms with Crippen LogP contribution in [-0.4, -0.2) is 64.0 Å². The Balaban J connectivity index is 0.00000192. The first kappa shape index (κ1) is 17.3. The number of H-pyrrole nitrogens is 1. The molecule has 0 spiro atoms. The van der Waals surface area contributed by atoms with Crippen LogP contribution in [0.2, 0.25) is 0 Å². The molecule has 6 nitrogen and oxygen atoms in total. The number of fused-ring (bicyclic) bond motifs is 1. The predicted molar refractivity (Wildman–Crippen MR) is 90.1 cm³/mol. The van der Waals surface area contributed by atoms with E-state index in [1.807, 2.05) is 35.2 Å². The van der Waals surface area contributed by atoms with Gasteiger partial charge in [-0.3, -0.25) is 14.5 Å². The summed E-state index contributed by atoms with van der Waals surface area (Å²) in [6.07, 6.45) is 0. The van der Waals surface area contributed by atoms with Gasteiger partial charge >= 0.3 is 5.97 Å². The number of carboxylic acids is 1. The highest BCUT2D eigenvalue weighted by molar-refractivity contribution is 5.98. The number of benzene rings is 1. The van der Waals surface area contributed by atoms with E-state index in [1.54, 1.807) is 11.8 Å². The number of nitrogens with one attached hydrogen (secondary N) is 1. The highest BCUT2D eigenvalue weighted by atomic mass is 35.5. The smallest absolute Gasteiger partial charge is 0.320 e. The summed E-state index contributed by atoms with van der Waals surface area (Å²) in [6, 6.07) is 9.14. The quantitative estimate of drug-likeness (QED) is 0.895. The standard InChI is InChI=1S/C16H19N3O3.ClH/c1-11(16(21)22)18-6-8-19(9-7-18)15(20)14-10-12-4-2-3-5-13(12)17-14;/h2-5,10-11,17H,6-9H2,1H3,(H,21,22);1H. The molecular weight excluding hydrogens is 318 g/mol. The Morgan fingerprint density at radius 3 is 2.43 bits per heavy atom. The molecule has 23 heavy (non-hydrogen) atoms. The minimum Gasteiger partial charge on any atom is -0.480 e. The van der Waals surface area contributed by atoms with E-state index in [0.29, 0.717) is 31.9 Å². The summed E-state index contributed by atoms with van der Waals surface area (Å²) in [5, 5.41) is 10.1.